The standard InChI is InChI=1S/C19H14N2O5/c22-16-8-9-17(19(24)12-16)18(23)10-7-13-2-1-11-20(13)14-3-5-15(6-4-14)21(25)26/h1-12,22,24H/b10-7+. The van der Waals surface area contributed by atoms with Gasteiger partial charge in [-0.25, -0.2) is 0 Å². The predicted octanol–water partition coefficient (Wildman–Crippen LogP) is 3.69. The summed E-state index contributed by atoms with van der Waals surface area (Å²) in [4.78, 5) is 22.5. The lowest BCUT2D eigenvalue weighted by Crippen LogP contribution is -1.97. The van der Waals surface area contributed by atoms with Gasteiger partial charge in [0.1, 0.15) is 11.5 Å². The SMILES string of the molecule is O=C(/C=C/c1cccn1-c1ccc([N+](=O)[O-])cc1)c1ccc(O)cc1O. The molecular weight excluding hydrogens is 336 g/mol. The van der Waals surface area contributed by atoms with Crippen LogP contribution in [-0.4, -0.2) is 25.5 Å². The number of hydrogen-bond acceptors (Lipinski definition) is 5. The number of rotatable bonds is 5. The van der Waals surface area contributed by atoms with Gasteiger partial charge in [-0.2, -0.15) is 0 Å². The van der Waals surface area contributed by atoms with Crippen molar-refractivity contribution < 1.29 is 19.9 Å². The van der Waals surface area contributed by atoms with Crippen LogP contribution in [0.5, 0.6) is 11.5 Å². The molecule has 3 rings (SSSR count). The van der Waals surface area contributed by atoms with Gasteiger partial charge in [-0.15, -0.1) is 0 Å². The Labute approximate surface area is 148 Å². The molecule has 7 heteroatoms. The Morgan fingerprint density at radius 1 is 1.08 bits per heavy atom. The van der Waals surface area contributed by atoms with Gasteiger partial charge in [0.15, 0.2) is 5.78 Å². The fourth-order valence-electron chi connectivity index (χ4n) is 2.48. The molecule has 1 aromatic heterocycles. The molecule has 0 spiro atoms. The van der Waals surface area contributed by atoms with Gasteiger partial charge in [0.05, 0.1) is 10.5 Å². The molecule has 0 aliphatic heterocycles. The molecule has 0 unspecified atom stereocenters. The summed E-state index contributed by atoms with van der Waals surface area (Å²) in [6.07, 6.45) is 4.66. The number of carbonyl (C=O) groups excluding carboxylic acids is 1. The summed E-state index contributed by atoms with van der Waals surface area (Å²) in [7, 11) is 0. The number of non-ortho nitro benzene ring substituents is 1. The third kappa shape index (κ3) is 3.46. The predicted molar refractivity (Wildman–Crippen MR) is 95.6 cm³/mol. The van der Waals surface area contributed by atoms with E-state index in [4.69, 9.17) is 0 Å². The number of nitro groups is 1. The molecule has 0 saturated carbocycles. The molecule has 26 heavy (non-hydrogen) atoms. The Kier molecular flexibility index (Phi) is 4.53. The van der Waals surface area contributed by atoms with E-state index < -0.39 is 10.7 Å². The minimum atomic E-state index is -0.469. The van der Waals surface area contributed by atoms with Crippen molar-refractivity contribution in [3.05, 3.63) is 88.2 Å². The Balaban J connectivity index is 1.85. The molecule has 0 saturated heterocycles. The summed E-state index contributed by atoms with van der Waals surface area (Å²) in [5.41, 5.74) is 1.47. The van der Waals surface area contributed by atoms with E-state index in [1.165, 1.54) is 30.3 Å². The van der Waals surface area contributed by atoms with Crippen LogP contribution in [0.4, 0.5) is 5.69 Å². The lowest BCUT2D eigenvalue weighted by atomic mass is 10.1. The number of nitro benzene ring substituents is 1. The highest BCUT2D eigenvalue weighted by atomic mass is 16.6. The molecule has 0 bridgehead atoms. The number of aromatic nitrogens is 1. The molecule has 1 heterocycles. The van der Waals surface area contributed by atoms with Crippen molar-refractivity contribution in [2.75, 3.05) is 0 Å². The van der Waals surface area contributed by atoms with Gasteiger partial charge < -0.3 is 14.8 Å². The quantitative estimate of drug-likeness (QED) is 0.316. The maximum Gasteiger partial charge on any atom is 0.269 e. The van der Waals surface area contributed by atoms with Gasteiger partial charge in [0.25, 0.3) is 5.69 Å². The first kappa shape index (κ1) is 17.0. The van der Waals surface area contributed by atoms with Crippen molar-refractivity contribution >= 4 is 17.5 Å². The third-order valence-electron chi connectivity index (χ3n) is 3.77. The molecule has 0 aliphatic carbocycles. The average molecular weight is 350 g/mol. The highest BCUT2D eigenvalue weighted by Gasteiger charge is 2.10. The van der Waals surface area contributed by atoms with E-state index in [0.717, 1.165) is 6.07 Å². The normalized spacial score (nSPS) is 10.9. The van der Waals surface area contributed by atoms with E-state index >= 15 is 0 Å². The van der Waals surface area contributed by atoms with Crippen LogP contribution in [0.3, 0.4) is 0 Å². The summed E-state index contributed by atoms with van der Waals surface area (Å²) in [6.45, 7) is 0. The average Bonchev–Trinajstić information content (AvgIpc) is 3.08. The van der Waals surface area contributed by atoms with Crippen molar-refractivity contribution in [2.24, 2.45) is 0 Å². The summed E-state index contributed by atoms with van der Waals surface area (Å²) in [5.74, 6) is -0.848. The molecule has 7 nitrogen and oxygen atoms in total. The first-order valence-electron chi connectivity index (χ1n) is 7.62. The van der Waals surface area contributed by atoms with Crippen LogP contribution in [0.1, 0.15) is 16.1 Å². The van der Waals surface area contributed by atoms with Crippen molar-refractivity contribution in [3.8, 4) is 17.2 Å². The molecule has 0 radical (unpaired) electrons. The van der Waals surface area contributed by atoms with Crippen LogP contribution in [0.2, 0.25) is 0 Å². The van der Waals surface area contributed by atoms with E-state index in [9.17, 15) is 25.1 Å². The number of allylic oxidation sites excluding steroid dienone is 1. The Morgan fingerprint density at radius 2 is 1.81 bits per heavy atom. The molecular formula is C19H14N2O5. The van der Waals surface area contributed by atoms with Gasteiger partial charge in [-0.3, -0.25) is 14.9 Å². The Hall–Kier alpha value is -3.87. The van der Waals surface area contributed by atoms with Crippen molar-refractivity contribution in [1.29, 1.82) is 0 Å². The van der Waals surface area contributed by atoms with Crippen molar-refractivity contribution in [2.45, 2.75) is 0 Å². The van der Waals surface area contributed by atoms with Crippen molar-refractivity contribution in [1.82, 2.24) is 4.57 Å². The van der Waals surface area contributed by atoms with Crippen LogP contribution in [0, 0.1) is 10.1 Å². The molecule has 0 atom stereocenters. The van der Waals surface area contributed by atoms with Crippen LogP contribution in [0.15, 0.2) is 66.9 Å². The maximum absolute atomic E-state index is 12.2. The van der Waals surface area contributed by atoms with Gasteiger partial charge in [-0.05, 0) is 48.6 Å². The van der Waals surface area contributed by atoms with E-state index in [1.54, 1.807) is 41.1 Å². The molecule has 3 aromatic rings. The summed E-state index contributed by atoms with van der Waals surface area (Å²) in [6, 6.07) is 13.4. The number of nitrogens with zero attached hydrogens (tertiary/aromatic N) is 2. The smallest absolute Gasteiger partial charge is 0.269 e. The van der Waals surface area contributed by atoms with E-state index in [0.29, 0.717) is 11.4 Å². The second kappa shape index (κ2) is 6.94. The van der Waals surface area contributed by atoms with Crippen LogP contribution in [-0.2, 0) is 0 Å². The zero-order chi connectivity index (χ0) is 18.7. The second-order valence-corrected chi connectivity index (χ2v) is 5.48. The molecule has 0 aliphatic rings. The van der Waals surface area contributed by atoms with E-state index in [1.807, 2.05) is 0 Å². The van der Waals surface area contributed by atoms with Crippen LogP contribution < -0.4 is 0 Å². The largest absolute Gasteiger partial charge is 0.508 e. The lowest BCUT2D eigenvalue weighted by Gasteiger charge is -2.06. The number of ketones is 1. The molecule has 130 valence electrons. The molecule has 2 aromatic carbocycles. The highest BCUT2D eigenvalue weighted by Crippen LogP contribution is 2.24. The number of phenols is 2. The van der Waals surface area contributed by atoms with Crippen molar-refractivity contribution in [3.63, 3.8) is 0 Å². The Morgan fingerprint density at radius 3 is 2.46 bits per heavy atom. The number of benzene rings is 2. The van der Waals surface area contributed by atoms with E-state index in [2.05, 4.69) is 0 Å². The zero-order valence-electron chi connectivity index (χ0n) is 13.4. The van der Waals surface area contributed by atoms with Gasteiger partial charge >= 0.3 is 0 Å². The van der Waals surface area contributed by atoms with Crippen LogP contribution in [0.25, 0.3) is 11.8 Å². The minimum absolute atomic E-state index is 0.00372. The maximum atomic E-state index is 12.2. The Bertz CT molecular complexity index is 1000. The molecule has 0 fully saturated rings. The monoisotopic (exact) mass is 350 g/mol. The van der Waals surface area contributed by atoms with Gasteiger partial charge in [0.2, 0.25) is 0 Å². The zero-order valence-corrected chi connectivity index (χ0v) is 13.4. The molecule has 2 N–H and O–H groups in total. The highest BCUT2D eigenvalue weighted by molar-refractivity contribution is 6.08. The first-order valence-corrected chi connectivity index (χ1v) is 7.62. The minimum Gasteiger partial charge on any atom is -0.508 e. The number of carbonyl (C=O) groups is 1. The topological polar surface area (TPSA) is 106 Å². The summed E-state index contributed by atoms with van der Waals surface area (Å²) >= 11 is 0. The van der Waals surface area contributed by atoms with Gasteiger partial charge in [0, 0.05) is 35.8 Å². The lowest BCUT2D eigenvalue weighted by molar-refractivity contribution is -0.384. The second-order valence-electron chi connectivity index (χ2n) is 5.48. The van der Waals surface area contributed by atoms with E-state index in [-0.39, 0.29) is 22.7 Å². The van der Waals surface area contributed by atoms with Crippen LogP contribution >= 0.6 is 0 Å². The van der Waals surface area contributed by atoms with Gasteiger partial charge in [-0.1, -0.05) is 0 Å². The number of aromatic hydroxyl groups is 2. The fourth-order valence-corrected chi connectivity index (χ4v) is 2.48. The molecule has 0 amide bonds. The first-order chi connectivity index (χ1) is 12.5. The summed E-state index contributed by atoms with van der Waals surface area (Å²) in [5, 5.41) is 29.8. The number of phenolic OH excluding ortho intramolecular Hbond substituents is 2. The fraction of sp³-hybridized carbons (Fsp3) is 0. The summed E-state index contributed by atoms with van der Waals surface area (Å²) < 4.78 is 1.77. The number of hydrogen-bond donors (Lipinski definition) is 2. The third-order valence-corrected chi connectivity index (χ3v) is 3.77.